The van der Waals surface area contributed by atoms with E-state index in [0.717, 1.165) is 31.4 Å². The first kappa shape index (κ1) is 37.9. The molecule has 0 aromatic heterocycles. The van der Waals surface area contributed by atoms with E-state index in [4.69, 9.17) is 26.5 Å². The van der Waals surface area contributed by atoms with Gasteiger partial charge in [0.2, 0.25) is 11.8 Å². The number of hydrogen-bond donors (Lipinski definition) is 2. The van der Waals surface area contributed by atoms with Gasteiger partial charge >= 0.3 is 122 Å². The van der Waals surface area contributed by atoms with E-state index in [1.54, 1.807) is 18.2 Å². The van der Waals surface area contributed by atoms with E-state index < -0.39 is 5.68 Å². The second kappa shape index (κ2) is 18.1. The Morgan fingerprint density at radius 1 is 0.979 bits per heavy atom. The third-order valence-electron chi connectivity index (χ3n) is 8.07. The zero-order chi connectivity index (χ0) is 35.3. The number of carbonyl (C=O) groups excluding carboxylic acids is 3. The molecule has 0 atom stereocenters. The molecule has 0 spiro atoms. The van der Waals surface area contributed by atoms with Crippen molar-refractivity contribution >= 4 is 49.8 Å². The average Bonchev–Trinajstić information content (AvgIpc) is 3.03. The van der Waals surface area contributed by atoms with Crippen molar-refractivity contribution in [3.05, 3.63) is 89.0 Å². The van der Waals surface area contributed by atoms with Crippen LogP contribution in [0.1, 0.15) is 87.4 Å². The minimum absolute atomic E-state index is 0.00592. The van der Waals surface area contributed by atoms with Crippen molar-refractivity contribution < 1.29 is 19.1 Å². The molecular formula is C39H46B2N3O4. The number of terminal acetylenes is 1. The maximum atomic E-state index is 13.1. The molecule has 1 heterocycles. The van der Waals surface area contributed by atoms with Gasteiger partial charge in [0.15, 0.2) is 0 Å². The summed E-state index contributed by atoms with van der Waals surface area (Å²) in [7, 11) is 11.2. The number of para-hydroxylation sites is 1. The van der Waals surface area contributed by atoms with E-state index in [0.29, 0.717) is 35.1 Å². The third-order valence-corrected chi connectivity index (χ3v) is 8.07. The fourth-order valence-electron chi connectivity index (χ4n) is 5.27. The SMILES string of the molecule is CCC(C)(C)NC(=O)CCC(=O)N1Cc2ccccc2CCc2ccccc21.[B]C(=O)c1cc(NC(=[B])CC(C)C)cc(OCC#C)c1. The molecule has 247 valence electrons. The van der Waals surface area contributed by atoms with Crippen LogP contribution in [0, 0.1) is 18.3 Å². The zero-order valence-corrected chi connectivity index (χ0v) is 28.9. The number of fused-ring (bicyclic) bond motifs is 2. The first-order valence-corrected chi connectivity index (χ1v) is 16.5. The number of anilines is 2. The fraction of sp³-hybridized carbons (Fsp3) is 0.385. The standard InChI is InChI=1S/C24H30N2O2.C15H16B2NO2/c1-4-24(2,3)25-22(27)15-16-23(28)26-17-20-11-6-5-9-18(20)13-14-19-10-7-8-12-21(19)26;1-4-5-20-13-8-11(15(17)19)7-12(9-13)18-14(16)6-10(2)3/h5-12H,4,13-17H2,1-3H3,(H,25,27);1,7-10,18H,5-6H2,2-3H3. The van der Waals surface area contributed by atoms with Gasteiger partial charge in [-0.15, -0.1) is 0 Å². The van der Waals surface area contributed by atoms with Crippen molar-refractivity contribution in [1.29, 1.82) is 0 Å². The molecule has 4 rings (SSSR count). The monoisotopic (exact) mass is 642 g/mol. The van der Waals surface area contributed by atoms with Gasteiger partial charge in [-0.3, -0.25) is 9.59 Å². The van der Waals surface area contributed by atoms with Crippen molar-refractivity contribution in [1.82, 2.24) is 5.32 Å². The maximum absolute atomic E-state index is 13.1. The first-order valence-electron chi connectivity index (χ1n) is 16.5. The molecule has 0 unspecified atom stereocenters. The summed E-state index contributed by atoms with van der Waals surface area (Å²) >= 11 is 0. The summed E-state index contributed by atoms with van der Waals surface area (Å²) in [4.78, 5) is 38.6. The van der Waals surface area contributed by atoms with Crippen LogP contribution in [-0.4, -0.2) is 50.6 Å². The van der Waals surface area contributed by atoms with Crippen LogP contribution in [0.15, 0.2) is 66.7 Å². The Morgan fingerprint density at radius 2 is 1.62 bits per heavy atom. The molecule has 0 aliphatic carbocycles. The Kier molecular flexibility index (Phi) is 14.3. The van der Waals surface area contributed by atoms with Crippen LogP contribution >= 0.6 is 0 Å². The second-order valence-electron chi connectivity index (χ2n) is 13.0. The number of rotatable bonds is 12. The molecule has 0 saturated heterocycles. The average molecular weight is 642 g/mol. The van der Waals surface area contributed by atoms with Gasteiger partial charge in [0.1, 0.15) is 0 Å². The topological polar surface area (TPSA) is 87.7 Å². The van der Waals surface area contributed by atoms with Gasteiger partial charge in [-0.25, -0.2) is 0 Å². The van der Waals surface area contributed by atoms with E-state index in [2.05, 4.69) is 54.7 Å². The molecule has 2 N–H and O–H groups in total. The molecule has 1 aliphatic heterocycles. The molecule has 3 aromatic rings. The summed E-state index contributed by atoms with van der Waals surface area (Å²) in [5.74, 6) is 3.19. The van der Waals surface area contributed by atoms with Gasteiger partial charge in [-0.1, -0.05) is 49.4 Å². The second-order valence-corrected chi connectivity index (χ2v) is 13.0. The van der Waals surface area contributed by atoms with Crippen molar-refractivity contribution in [2.24, 2.45) is 5.92 Å². The molecule has 3 aromatic carbocycles. The van der Waals surface area contributed by atoms with E-state index in [1.807, 2.05) is 49.9 Å². The summed E-state index contributed by atoms with van der Waals surface area (Å²) in [6.45, 7) is 10.8. The molecule has 3 radical (unpaired) electrons. The quantitative estimate of drug-likeness (QED) is 0.183. The number of amides is 2. The molecule has 9 heteroatoms. The van der Waals surface area contributed by atoms with Gasteiger partial charge in [0.25, 0.3) is 0 Å². The van der Waals surface area contributed by atoms with E-state index >= 15 is 0 Å². The molecular weight excluding hydrogens is 596 g/mol. The molecule has 0 bridgehead atoms. The number of nitrogens with one attached hydrogen (secondary N) is 2. The molecule has 0 fully saturated rings. The Hall–Kier alpha value is -4.57. The van der Waals surface area contributed by atoms with E-state index in [1.165, 1.54) is 16.7 Å². The van der Waals surface area contributed by atoms with E-state index in [-0.39, 0.29) is 36.8 Å². The van der Waals surface area contributed by atoms with Crippen molar-refractivity contribution in [3.8, 4) is 18.1 Å². The number of benzene rings is 3. The van der Waals surface area contributed by atoms with Gasteiger partial charge < -0.3 is 10.2 Å². The van der Waals surface area contributed by atoms with Crippen LogP contribution in [0.4, 0.5) is 11.4 Å². The third kappa shape index (κ3) is 11.9. The normalized spacial score (nSPS) is 12.1. The molecule has 48 heavy (non-hydrogen) atoms. The molecule has 0 saturated carbocycles. The van der Waals surface area contributed by atoms with Crippen LogP contribution in [-0.2, 0) is 29.0 Å². The summed E-state index contributed by atoms with van der Waals surface area (Å²) in [5, 5.41) is 6.05. The van der Waals surface area contributed by atoms with Gasteiger partial charge in [0, 0.05) is 24.1 Å². The van der Waals surface area contributed by atoms with Crippen LogP contribution < -0.4 is 20.3 Å². The Bertz CT molecular complexity index is 1640. The summed E-state index contributed by atoms with van der Waals surface area (Å²) in [6.07, 6.45) is 9.02. The summed E-state index contributed by atoms with van der Waals surface area (Å²) < 4.78 is 5.32. The summed E-state index contributed by atoms with van der Waals surface area (Å²) in [5.41, 5.74) is 5.43. The van der Waals surface area contributed by atoms with Crippen LogP contribution in [0.3, 0.4) is 0 Å². The number of hydrogen-bond acceptors (Lipinski definition) is 5. The molecule has 2 amide bonds. The number of carbonyl (C=O) groups is 3. The van der Waals surface area contributed by atoms with E-state index in [9.17, 15) is 14.4 Å². The minimum atomic E-state index is -0.540. The van der Waals surface area contributed by atoms with Gasteiger partial charge in [-0.05, 0) is 55.9 Å². The van der Waals surface area contributed by atoms with Crippen molar-refractivity contribution in [3.63, 3.8) is 0 Å². The van der Waals surface area contributed by atoms with Gasteiger partial charge in [0.05, 0.1) is 6.54 Å². The van der Waals surface area contributed by atoms with Crippen LogP contribution in [0.5, 0.6) is 5.75 Å². The van der Waals surface area contributed by atoms with Crippen molar-refractivity contribution in [2.75, 3.05) is 16.8 Å². The molecule has 7 nitrogen and oxygen atoms in total. The number of nitrogens with zero attached hydrogens (tertiary/aromatic N) is 1. The fourth-order valence-corrected chi connectivity index (χ4v) is 5.27. The Morgan fingerprint density at radius 3 is 2.27 bits per heavy atom. The van der Waals surface area contributed by atoms with Crippen molar-refractivity contribution in [2.45, 2.75) is 85.2 Å². The molecule has 1 aliphatic rings. The first-order chi connectivity index (χ1) is 22.8. The number of ether oxygens (including phenoxy) is 1. The number of aryl methyl sites for hydroxylation is 2. The zero-order valence-electron chi connectivity index (χ0n) is 28.9. The van der Waals surface area contributed by atoms with Gasteiger partial charge in [-0.2, -0.15) is 0 Å². The van der Waals surface area contributed by atoms with Crippen LogP contribution in [0.25, 0.3) is 0 Å². The predicted octanol–water partition coefficient (Wildman–Crippen LogP) is 6.17. The van der Waals surface area contributed by atoms with Crippen LogP contribution in [0.2, 0.25) is 0 Å². The summed E-state index contributed by atoms with van der Waals surface area (Å²) in [6, 6.07) is 21.3. The Labute approximate surface area is 288 Å². The Balaban J connectivity index is 0.000000277. The predicted molar refractivity (Wildman–Crippen MR) is 198 cm³/mol.